The maximum Gasteiger partial charge on any atom is 0.322 e. The summed E-state index contributed by atoms with van der Waals surface area (Å²) in [6.07, 6.45) is 0.380. The summed E-state index contributed by atoms with van der Waals surface area (Å²) in [5.74, 6) is -1.50. The molecule has 1 unspecified atom stereocenters. The summed E-state index contributed by atoms with van der Waals surface area (Å²) in [7, 11) is 1.32. The third-order valence-corrected chi connectivity index (χ3v) is 5.88. The maximum absolute atomic E-state index is 13.1. The van der Waals surface area contributed by atoms with Crippen LogP contribution in [0.2, 0.25) is 0 Å². The van der Waals surface area contributed by atoms with Crippen molar-refractivity contribution in [1.29, 1.82) is 0 Å². The van der Waals surface area contributed by atoms with Gasteiger partial charge in [0.15, 0.2) is 0 Å². The summed E-state index contributed by atoms with van der Waals surface area (Å²) >= 11 is 0. The van der Waals surface area contributed by atoms with E-state index in [0.29, 0.717) is 6.42 Å². The lowest BCUT2D eigenvalue weighted by atomic mass is 9.44. The molecule has 0 fully saturated rings. The standard InChI is InChI=1S/C20H18O4/c1-19(17(21)22)11-14-12-7-3-5-9-15(12)20(19,18(23)24-2)16-10-6-4-8-13(14)16/h3-10,14H,11H2,1-2H3,(H,21,22). The fourth-order valence-electron chi connectivity index (χ4n) is 4.82. The van der Waals surface area contributed by atoms with Gasteiger partial charge in [-0.25, -0.2) is 0 Å². The molecule has 0 saturated carbocycles. The van der Waals surface area contributed by atoms with Crippen LogP contribution in [0.5, 0.6) is 0 Å². The second-order valence-electron chi connectivity index (χ2n) is 6.81. The van der Waals surface area contributed by atoms with E-state index in [9.17, 15) is 14.7 Å². The molecule has 3 aliphatic rings. The molecule has 0 saturated heterocycles. The molecule has 2 aromatic rings. The minimum absolute atomic E-state index is 0.0231. The van der Waals surface area contributed by atoms with Crippen molar-refractivity contribution < 1.29 is 19.4 Å². The number of fused-ring (bicyclic) bond motifs is 1. The van der Waals surface area contributed by atoms with E-state index >= 15 is 0 Å². The molecular weight excluding hydrogens is 304 g/mol. The third kappa shape index (κ3) is 1.44. The Bertz CT molecular complexity index is 822. The predicted octanol–water partition coefficient (Wildman–Crippen LogP) is 3.09. The van der Waals surface area contributed by atoms with Gasteiger partial charge in [-0.2, -0.15) is 0 Å². The highest BCUT2D eigenvalue weighted by Gasteiger charge is 2.68. The Labute approximate surface area is 140 Å². The number of carboxylic acid groups (broad SMARTS) is 1. The zero-order valence-corrected chi connectivity index (χ0v) is 13.6. The Kier molecular flexibility index (Phi) is 2.92. The van der Waals surface area contributed by atoms with Gasteiger partial charge >= 0.3 is 11.9 Å². The molecule has 0 heterocycles. The average Bonchev–Trinajstić information content (AvgIpc) is 2.61. The molecule has 0 spiro atoms. The zero-order chi connectivity index (χ0) is 17.1. The molecule has 0 radical (unpaired) electrons. The van der Waals surface area contributed by atoms with Crippen molar-refractivity contribution in [3.63, 3.8) is 0 Å². The van der Waals surface area contributed by atoms with Crippen LogP contribution in [-0.4, -0.2) is 24.2 Å². The number of hydrogen-bond acceptors (Lipinski definition) is 3. The first-order valence-electron chi connectivity index (χ1n) is 7.99. The maximum atomic E-state index is 13.1. The minimum atomic E-state index is -1.32. The van der Waals surface area contributed by atoms with Gasteiger partial charge in [0.25, 0.3) is 0 Å². The van der Waals surface area contributed by atoms with Gasteiger partial charge in [-0.3, -0.25) is 9.59 Å². The topological polar surface area (TPSA) is 63.6 Å². The first kappa shape index (κ1) is 14.9. The number of carbonyl (C=O) groups is 2. The molecule has 122 valence electrons. The van der Waals surface area contributed by atoms with E-state index in [4.69, 9.17) is 4.74 Å². The van der Waals surface area contributed by atoms with E-state index in [1.54, 1.807) is 6.92 Å². The second kappa shape index (κ2) is 4.69. The van der Waals surface area contributed by atoms with E-state index in [1.165, 1.54) is 7.11 Å². The number of methoxy groups -OCH3 is 1. The summed E-state index contributed by atoms with van der Waals surface area (Å²) in [6.45, 7) is 1.67. The van der Waals surface area contributed by atoms with Gasteiger partial charge in [-0.05, 0) is 35.6 Å². The normalized spacial score (nSPS) is 29.5. The third-order valence-electron chi connectivity index (χ3n) is 5.88. The largest absolute Gasteiger partial charge is 0.481 e. The molecular formula is C20H18O4. The molecule has 4 nitrogen and oxygen atoms in total. The number of rotatable bonds is 2. The number of ether oxygens (including phenoxy) is 1. The van der Waals surface area contributed by atoms with Crippen LogP contribution in [0, 0.1) is 5.41 Å². The average molecular weight is 322 g/mol. The van der Waals surface area contributed by atoms with Crippen molar-refractivity contribution in [3.8, 4) is 0 Å². The molecule has 2 bridgehead atoms. The van der Waals surface area contributed by atoms with Crippen molar-refractivity contribution in [2.75, 3.05) is 7.11 Å². The highest BCUT2D eigenvalue weighted by Crippen LogP contribution is 2.64. The van der Waals surface area contributed by atoms with Crippen LogP contribution in [0.25, 0.3) is 0 Å². The van der Waals surface area contributed by atoms with E-state index in [2.05, 4.69) is 0 Å². The van der Waals surface area contributed by atoms with Gasteiger partial charge in [0.05, 0.1) is 12.5 Å². The van der Waals surface area contributed by atoms with Crippen LogP contribution in [0.4, 0.5) is 0 Å². The Morgan fingerprint density at radius 3 is 2.00 bits per heavy atom. The van der Waals surface area contributed by atoms with E-state index in [0.717, 1.165) is 22.3 Å². The van der Waals surface area contributed by atoms with E-state index in [1.807, 2.05) is 48.5 Å². The van der Waals surface area contributed by atoms with E-state index < -0.39 is 22.8 Å². The van der Waals surface area contributed by atoms with Gasteiger partial charge < -0.3 is 9.84 Å². The molecule has 5 rings (SSSR count). The Morgan fingerprint density at radius 1 is 1.04 bits per heavy atom. The molecule has 1 atom stereocenters. The number of carboxylic acids is 1. The van der Waals surface area contributed by atoms with Crippen molar-refractivity contribution in [2.45, 2.75) is 24.7 Å². The first-order chi connectivity index (χ1) is 11.5. The van der Waals surface area contributed by atoms with Crippen molar-refractivity contribution in [2.24, 2.45) is 5.41 Å². The molecule has 24 heavy (non-hydrogen) atoms. The van der Waals surface area contributed by atoms with Gasteiger partial charge in [0.2, 0.25) is 0 Å². The van der Waals surface area contributed by atoms with Gasteiger partial charge in [-0.1, -0.05) is 48.5 Å². The van der Waals surface area contributed by atoms with Crippen LogP contribution in [0.1, 0.15) is 41.5 Å². The lowest BCUT2D eigenvalue weighted by Gasteiger charge is -2.55. The number of hydrogen-bond donors (Lipinski definition) is 1. The van der Waals surface area contributed by atoms with E-state index in [-0.39, 0.29) is 5.92 Å². The zero-order valence-electron chi connectivity index (χ0n) is 13.6. The molecule has 1 N–H and O–H groups in total. The predicted molar refractivity (Wildman–Crippen MR) is 87.9 cm³/mol. The lowest BCUT2D eigenvalue weighted by Crippen LogP contribution is -2.61. The minimum Gasteiger partial charge on any atom is -0.481 e. The quantitative estimate of drug-likeness (QED) is 0.863. The Morgan fingerprint density at radius 2 is 1.54 bits per heavy atom. The molecule has 0 aliphatic heterocycles. The first-order valence-corrected chi connectivity index (χ1v) is 7.99. The molecule has 4 heteroatoms. The molecule has 3 aliphatic carbocycles. The van der Waals surface area contributed by atoms with Crippen molar-refractivity contribution in [1.82, 2.24) is 0 Å². The van der Waals surface area contributed by atoms with Crippen LogP contribution < -0.4 is 0 Å². The summed E-state index contributed by atoms with van der Waals surface area (Å²) < 4.78 is 5.17. The highest BCUT2D eigenvalue weighted by molar-refractivity contribution is 5.99. The molecule has 0 amide bonds. The fourth-order valence-corrected chi connectivity index (χ4v) is 4.82. The Hall–Kier alpha value is -2.62. The number of esters is 1. The summed E-state index contributed by atoms with van der Waals surface area (Å²) in [5, 5.41) is 10.1. The van der Waals surface area contributed by atoms with Gasteiger partial charge in [0, 0.05) is 5.92 Å². The van der Waals surface area contributed by atoms with Crippen molar-refractivity contribution >= 4 is 11.9 Å². The van der Waals surface area contributed by atoms with Crippen molar-refractivity contribution in [3.05, 3.63) is 70.8 Å². The summed E-state index contributed by atoms with van der Waals surface area (Å²) in [6, 6.07) is 15.3. The smallest absolute Gasteiger partial charge is 0.322 e. The lowest BCUT2D eigenvalue weighted by molar-refractivity contribution is -0.166. The fraction of sp³-hybridized carbons (Fsp3) is 0.300. The van der Waals surface area contributed by atoms with Crippen LogP contribution in [-0.2, 0) is 19.7 Å². The monoisotopic (exact) mass is 322 g/mol. The number of benzene rings is 2. The molecule has 2 aromatic carbocycles. The highest BCUT2D eigenvalue weighted by atomic mass is 16.5. The van der Waals surface area contributed by atoms with Crippen LogP contribution in [0.15, 0.2) is 48.5 Å². The van der Waals surface area contributed by atoms with Gasteiger partial charge in [-0.15, -0.1) is 0 Å². The number of aliphatic carboxylic acids is 1. The number of carbonyl (C=O) groups excluding carboxylic acids is 1. The SMILES string of the molecule is COC(=O)C12c3ccccc3C(CC1(C)C(=O)O)c1ccccc12. The Balaban J connectivity index is 2.20. The van der Waals surface area contributed by atoms with Crippen LogP contribution >= 0.6 is 0 Å². The summed E-state index contributed by atoms with van der Waals surface area (Å²) in [5.41, 5.74) is 0.997. The second-order valence-corrected chi connectivity index (χ2v) is 6.81. The summed E-state index contributed by atoms with van der Waals surface area (Å²) in [4.78, 5) is 25.4. The molecule has 0 aromatic heterocycles. The van der Waals surface area contributed by atoms with Gasteiger partial charge in [0.1, 0.15) is 5.41 Å². The van der Waals surface area contributed by atoms with Crippen LogP contribution in [0.3, 0.4) is 0 Å².